The van der Waals surface area contributed by atoms with Crippen molar-refractivity contribution in [2.45, 2.75) is 44.6 Å². The molecular weight excluding hydrogens is 324 g/mol. The van der Waals surface area contributed by atoms with E-state index >= 15 is 0 Å². The quantitative estimate of drug-likeness (QED) is 0.784. The number of benzene rings is 1. The number of rotatable bonds is 3. The number of carbonyl (C=O) groups is 1. The molecule has 0 N–H and O–H groups in total. The minimum atomic E-state index is 0.258. The zero-order chi connectivity index (χ0) is 16.5. The molecule has 0 aromatic heterocycles. The van der Waals surface area contributed by atoms with Crippen molar-refractivity contribution in [2.75, 3.05) is 31.1 Å². The molecule has 1 aromatic carbocycles. The molecule has 0 radical (unpaired) electrons. The first-order valence-corrected chi connectivity index (χ1v) is 9.55. The Balaban J connectivity index is 1.70. The Hall–Kier alpha value is -1.26. The molecule has 0 saturated carbocycles. The molecule has 2 fully saturated rings. The molecule has 0 aliphatic carbocycles. The fourth-order valence-electron chi connectivity index (χ4n) is 4.61. The summed E-state index contributed by atoms with van der Waals surface area (Å²) in [5, 5.41) is 0.696. The number of nitrogens with zero attached hydrogens (tertiary/aromatic N) is 2. The highest BCUT2D eigenvalue weighted by atomic mass is 35.5. The third kappa shape index (κ3) is 3.02. The summed E-state index contributed by atoms with van der Waals surface area (Å²) < 4.78 is 6.04. The van der Waals surface area contributed by atoms with Gasteiger partial charge in [0.1, 0.15) is 5.75 Å². The fraction of sp³-hybridized carbons (Fsp3) is 0.632. The summed E-state index contributed by atoms with van der Waals surface area (Å²) in [7, 11) is 0. The lowest BCUT2D eigenvalue weighted by molar-refractivity contribution is -0.108. The lowest BCUT2D eigenvalue weighted by atomic mass is 9.84. The number of piperidine rings is 2. The van der Waals surface area contributed by atoms with Crippen LogP contribution in [0.5, 0.6) is 5.75 Å². The number of hydrogen-bond donors (Lipinski definition) is 0. The molecule has 4 nitrogen and oxygen atoms in total. The van der Waals surface area contributed by atoms with Gasteiger partial charge in [-0.15, -0.1) is 0 Å². The first-order valence-electron chi connectivity index (χ1n) is 9.17. The topological polar surface area (TPSA) is 32.8 Å². The van der Waals surface area contributed by atoms with Crippen LogP contribution in [0.25, 0.3) is 0 Å². The van der Waals surface area contributed by atoms with Crippen LogP contribution in [-0.4, -0.2) is 43.6 Å². The van der Waals surface area contributed by atoms with Crippen LogP contribution in [-0.2, 0) is 11.2 Å². The van der Waals surface area contributed by atoms with E-state index in [1.807, 2.05) is 17.0 Å². The number of amides is 1. The first kappa shape index (κ1) is 16.2. The Morgan fingerprint density at radius 1 is 1.21 bits per heavy atom. The normalized spacial score (nSPS) is 29.1. The number of ether oxygens (including phenoxy) is 1. The lowest BCUT2D eigenvalue weighted by Crippen LogP contribution is -2.53. The second-order valence-electron chi connectivity index (χ2n) is 7.29. The Bertz CT molecular complexity index is 622. The molecule has 0 spiro atoms. The van der Waals surface area contributed by atoms with Crippen LogP contribution in [0.15, 0.2) is 12.1 Å². The molecule has 3 unspecified atom stereocenters. The summed E-state index contributed by atoms with van der Waals surface area (Å²) in [5.41, 5.74) is 2.02. The van der Waals surface area contributed by atoms with E-state index < -0.39 is 0 Å². The summed E-state index contributed by atoms with van der Waals surface area (Å²) in [4.78, 5) is 16.5. The molecule has 3 heterocycles. The fourth-order valence-corrected chi connectivity index (χ4v) is 4.84. The second-order valence-corrected chi connectivity index (χ2v) is 7.73. The van der Waals surface area contributed by atoms with Crippen molar-refractivity contribution >= 4 is 23.7 Å². The van der Waals surface area contributed by atoms with E-state index in [4.69, 9.17) is 16.3 Å². The standard InChI is InChI=1S/C19H25ClN2O2/c20-16-10-14-4-1-2-9-24-19(14)18(11-16)22(13-23)17-6-8-21-7-3-5-15(17)12-21/h10-11,13,15,17H,1-9,12H2. The minimum Gasteiger partial charge on any atom is -0.491 e. The first-order chi connectivity index (χ1) is 11.8. The summed E-state index contributed by atoms with van der Waals surface area (Å²) in [6.45, 7) is 4.12. The van der Waals surface area contributed by atoms with Crippen LogP contribution in [0.1, 0.15) is 37.7 Å². The predicted octanol–water partition coefficient (Wildman–Crippen LogP) is 3.50. The Labute approximate surface area is 148 Å². The van der Waals surface area contributed by atoms with Crippen molar-refractivity contribution in [1.82, 2.24) is 4.90 Å². The molecule has 3 atom stereocenters. The molecular formula is C19H25ClN2O2. The average Bonchev–Trinajstić information content (AvgIpc) is 2.83. The van der Waals surface area contributed by atoms with Gasteiger partial charge in [-0.05, 0) is 68.7 Å². The number of halogens is 1. The van der Waals surface area contributed by atoms with Gasteiger partial charge in [0.15, 0.2) is 0 Å². The van der Waals surface area contributed by atoms with E-state index in [-0.39, 0.29) is 6.04 Å². The van der Waals surface area contributed by atoms with Crippen LogP contribution in [0.2, 0.25) is 5.02 Å². The molecule has 4 rings (SSSR count). The van der Waals surface area contributed by atoms with E-state index in [1.165, 1.54) is 19.4 Å². The molecule has 1 aromatic rings. The van der Waals surface area contributed by atoms with Gasteiger partial charge in [0, 0.05) is 24.2 Å². The number of anilines is 1. The summed E-state index contributed by atoms with van der Waals surface area (Å²) in [6, 6.07) is 4.17. The molecule has 1 amide bonds. The molecule has 130 valence electrons. The summed E-state index contributed by atoms with van der Waals surface area (Å²) in [6.07, 6.45) is 7.59. The summed E-state index contributed by atoms with van der Waals surface area (Å²) in [5.74, 6) is 1.43. The third-order valence-electron chi connectivity index (χ3n) is 5.77. The molecule has 3 aliphatic heterocycles. The maximum Gasteiger partial charge on any atom is 0.214 e. The smallest absolute Gasteiger partial charge is 0.214 e. The minimum absolute atomic E-state index is 0.258. The van der Waals surface area contributed by atoms with Gasteiger partial charge in [-0.1, -0.05) is 11.6 Å². The van der Waals surface area contributed by atoms with E-state index in [1.54, 1.807) is 0 Å². The van der Waals surface area contributed by atoms with Crippen LogP contribution < -0.4 is 9.64 Å². The number of aryl methyl sites for hydroxylation is 1. The number of hydrogen-bond acceptors (Lipinski definition) is 3. The van der Waals surface area contributed by atoms with Crippen molar-refractivity contribution in [1.29, 1.82) is 0 Å². The second kappa shape index (κ2) is 6.93. The van der Waals surface area contributed by atoms with E-state index in [0.717, 1.165) is 68.8 Å². The molecule has 3 aliphatic rings. The van der Waals surface area contributed by atoms with Gasteiger partial charge in [-0.25, -0.2) is 0 Å². The largest absolute Gasteiger partial charge is 0.491 e. The van der Waals surface area contributed by atoms with Crippen LogP contribution in [0, 0.1) is 5.92 Å². The van der Waals surface area contributed by atoms with Gasteiger partial charge in [0.2, 0.25) is 6.41 Å². The van der Waals surface area contributed by atoms with Gasteiger partial charge >= 0.3 is 0 Å². The summed E-state index contributed by atoms with van der Waals surface area (Å²) >= 11 is 6.37. The number of fused-ring (bicyclic) bond motifs is 3. The maximum absolute atomic E-state index is 12.1. The monoisotopic (exact) mass is 348 g/mol. The van der Waals surface area contributed by atoms with Crippen molar-refractivity contribution in [3.8, 4) is 5.75 Å². The van der Waals surface area contributed by atoms with Crippen molar-refractivity contribution < 1.29 is 9.53 Å². The average molecular weight is 349 g/mol. The van der Waals surface area contributed by atoms with E-state index in [2.05, 4.69) is 4.90 Å². The zero-order valence-corrected chi connectivity index (χ0v) is 14.8. The van der Waals surface area contributed by atoms with E-state index in [9.17, 15) is 4.79 Å². The molecule has 2 saturated heterocycles. The lowest BCUT2D eigenvalue weighted by Gasteiger charge is -2.46. The highest BCUT2D eigenvalue weighted by Crippen LogP contribution is 2.41. The molecule has 5 heteroatoms. The predicted molar refractivity (Wildman–Crippen MR) is 96.0 cm³/mol. The molecule has 2 bridgehead atoms. The van der Waals surface area contributed by atoms with Crippen LogP contribution in [0.3, 0.4) is 0 Å². The Morgan fingerprint density at radius 2 is 2.12 bits per heavy atom. The third-order valence-corrected chi connectivity index (χ3v) is 5.99. The highest BCUT2D eigenvalue weighted by Gasteiger charge is 2.37. The SMILES string of the molecule is O=CN(c1cc(Cl)cc2c1OCCCC2)C1CCN2CCCC1C2. The van der Waals surface area contributed by atoms with Gasteiger partial charge in [0.05, 0.1) is 12.3 Å². The Kier molecular flexibility index (Phi) is 4.68. The molecule has 24 heavy (non-hydrogen) atoms. The van der Waals surface area contributed by atoms with Crippen molar-refractivity contribution in [3.05, 3.63) is 22.7 Å². The number of carbonyl (C=O) groups excluding carboxylic acids is 1. The van der Waals surface area contributed by atoms with Gasteiger partial charge in [-0.2, -0.15) is 0 Å². The van der Waals surface area contributed by atoms with E-state index in [0.29, 0.717) is 10.9 Å². The maximum atomic E-state index is 12.1. The van der Waals surface area contributed by atoms with Crippen molar-refractivity contribution in [3.63, 3.8) is 0 Å². The van der Waals surface area contributed by atoms with Gasteiger partial charge in [0.25, 0.3) is 0 Å². The van der Waals surface area contributed by atoms with Gasteiger partial charge in [-0.3, -0.25) is 4.79 Å². The van der Waals surface area contributed by atoms with Crippen LogP contribution >= 0.6 is 11.6 Å². The van der Waals surface area contributed by atoms with Gasteiger partial charge < -0.3 is 14.5 Å². The van der Waals surface area contributed by atoms with Crippen molar-refractivity contribution in [2.24, 2.45) is 5.92 Å². The highest BCUT2D eigenvalue weighted by molar-refractivity contribution is 6.31. The Morgan fingerprint density at radius 3 is 3.00 bits per heavy atom. The zero-order valence-electron chi connectivity index (χ0n) is 14.0. The van der Waals surface area contributed by atoms with Crippen LogP contribution in [0.4, 0.5) is 5.69 Å².